The van der Waals surface area contributed by atoms with E-state index in [0.717, 1.165) is 12.1 Å². The molecule has 76 valence electrons. The summed E-state index contributed by atoms with van der Waals surface area (Å²) < 4.78 is 36.4. The lowest BCUT2D eigenvalue weighted by molar-refractivity contribution is -0.137. The summed E-state index contributed by atoms with van der Waals surface area (Å²) in [6, 6.07) is 2.34. The topological polar surface area (TPSA) is 66.5 Å². The van der Waals surface area contributed by atoms with Crippen molar-refractivity contribution < 1.29 is 23.2 Å². The molecule has 7 heteroatoms. The Hall–Kier alpha value is -1.21. The van der Waals surface area contributed by atoms with Crippen molar-refractivity contribution in [3.8, 4) is 0 Å². The molecule has 4 N–H and O–H groups in total. The molecule has 0 aliphatic heterocycles. The Labute approximate surface area is 78.1 Å². The van der Waals surface area contributed by atoms with E-state index in [1.54, 1.807) is 0 Å². The van der Waals surface area contributed by atoms with Crippen molar-refractivity contribution in [3.05, 3.63) is 23.8 Å². The molecule has 0 radical (unpaired) electrons. The molecule has 0 bridgehead atoms. The summed E-state index contributed by atoms with van der Waals surface area (Å²) in [7, 11) is -1.86. The highest BCUT2D eigenvalue weighted by Gasteiger charge is 2.31. The number of benzene rings is 1. The lowest BCUT2D eigenvalue weighted by atomic mass is 9.78. The molecule has 1 rings (SSSR count). The summed E-state index contributed by atoms with van der Waals surface area (Å²) in [5.74, 6) is 0. The minimum absolute atomic E-state index is 0.141. The highest BCUT2D eigenvalue weighted by molar-refractivity contribution is 6.60. The molecule has 14 heavy (non-hydrogen) atoms. The average Bonchev–Trinajstić information content (AvgIpc) is 2.01. The number of alkyl halides is 3. The van der Waals surface area contributed by atoms with Gasteiger partial charge in [-0.15, -0.1) is 0 Å². The van der Waals surface area contributed by atoms with Crippen LogP contribution in [0.3, 0.4) is 0 Å². The van der Waals surface area contributed by atoms with Crippen molar-refractivity contribution in [2.75, 3.05) is 5.73 Å². The van der Waals surface area contributed by atoms with Crippen LogP contribution >= 0.6 is 0 Å². The smallest absolute Gasteiger partial charge is 0.423 e. The zero-order valence-corrected chi connectivity index (χ0v) is 6.92. The molecular formula is C7H7BF3NO2. The number of nitrogen functional groups attached to an aromatic ring is 1. The first-order valence-electron chi connectivity index (χ1n) is 3.65. The zero-order valence-electron chi connectivity index (χ0n) is 6.92. The fraction of sp³-hybridized carbons (Fsp3) is 0.143. The summed E-state index contributed by atoms with van der Waals surface area (Å²) in [5, 5.41) is 17.4. The quantitative estimate of drug-likeness (QED) is 0.445. The maximum Gasteiger partial charge on any atom is 0.490 e. The summed E-state index contributed by atoms with van der Waals surface area (Å²) >= 11 is 0. The highest BCUT2D eigenvalue weighted by atomic mass is 19.4. The van der Waals surface area contributed by atoms with Crippen molar-refractivity contribution in [2.24, 2.45) is 0 Å². The fourth-order valence-electron chi connectivity index (χ4n) is 0.986. The Morgan fingerprint density at radius 1 is 1.21 bits per heavy atom. The summed E-state index contributed by atoms with van der Waals surface area (Å²) in [6.45, 7) is 0. The first-order chi connectivity index (χ1) is 6.32. The molecule has 0 aliphatic rings. The van der Waals surface area contributed by atoms with Crippen molar-refractivity contribution in [1.82, 2.24) is 0 Å². The Balaban J connectivity index is 3.13. The van der Waals surface area contributed by atoms with Crippen LogP contribution in [0.15, 0.2) is 18.2 Å². The van der Waals surface area contributed by atoms with Gasteiger partial charge in [-0.2, -0.15) is 13.2 Å². The lowest BCUT2D eigenvalue weighted by Gasteiger charge is -2.09. The van der Waals surface area contributed by atoms with E-state index in [-0.39, 0.29) is 11.2 Å². The van der Waals surface area contributed by atoms with E-state index in [0.29, 0.717) is 6.07 Å². The third-order valence-corrected chi connectivity index (χ3v) is 1.69. The maximum atomic E-state index is 12.1. The van der Waals surface area contributed by atoms with Gasteiger partial charge in [-0.05, 0) is 6.07 Å². The number of hydrogen-bond acceptors (Lipinski definition) is 3. The van der Waals surface area contributed by atoms with Gasteiger partial charge in [-0.25, -0.2) is 0 Å². The van der Waals surface area contributed by atoms with Gasteiger partial charge in [0, 0.05) is 11.2 Å². The van der Waals surface area contributed by atoms with Crippen molar-refractivity contribution in [3.63, 3.8) is 0 Å². The van der Waals surface area contributed by atoms with Crippen LogP contribution in [0.1, 0.15) is 5.56 Å². The predicted octanol–water partition coefficient (Wildman–Crippen LogP) is -0.0326. The minimum atomic E-state index is -4.48. The number of nitrogens with two attached hydrogens (primary N) is 1. The third-order valence-electron chi connectivity index (χ3n) is 1.69. The van der Waals surface area contributed by atoms with E-state index >= 15 is 0 Å². The SMILES string of the molecule is Nc1cc(C(F)(F)F)ccc1B(O)O. The molecule has 0 saturated carbocycles. The Kier molecular flexibility index (Phi) is 2.72. The van der Waals surface area contributed by atoms with Crippen molar-refractivity contribution >= 4 is 18.3 Å². The Bertz CT molecular complexity index is 340. The van der Waals surface area contributed by atoms with Gasteiger partial charge in [0.15, 0.2) is 0 Å². The second-order valence-electron chi connectivity index (χ2n) is 2.72. The molecule has 1 aromatic carbocycles. The van der Waals surface area contributed by atoms with Gasteiger partial charge < -0.3 is 15.8 Å². The van der Waals surface area contributed by atoms with E-state index in [9.17, 15) is 13.2 Å². The third kappa shape index (κ3) is 2.18. The van der Waals surface area contributed by atoms with Gasteiger partial charge in [0.2, 0.25) is 0 Å². The summed E-state index contributed by atoms with van der Waals surface area (Å²) in [4.78, 5) is 0. The van der Waals surface area contributed by atoms with Crippen molar-refractivity contribution in [2.45, 2.75) is 6.18 Å². The molecule has 0 spiro atoms. The molecule has 0 heterocycles. The molecule has 0 fully saturated rings. The average molecular weight is 205 g/mol. The number of rotatable bonds is 1. The van der Waals surface area contributed by atoms with Crippen LogP contribution in [0, 0.1) is 0 Å². The molecule has 1 aromatic rings. The molecule has 0 aromatic heterocycles. The summed E-state index contributed by atoms with van der Waals surface area (Å²) in [6.07, 6.45) is -4.48. The van der Waals surface area contributed by atoms with E-state index in [1.807, 2.05) is 0 Å². The second kappa shape index (κ2) is 3.51. The van der Waals surface area contributed by atoms with Gasteiger partial charge in [0.05, 0.1) is 5.56 Å². The van der Waals surface area contributed by atoms with Gasteiger partial charge in [-0.1, -0.05) is 12.1 Å². The van der Waals surface area contributed by atoms with Crippen LogP contribution in [-0.4, -0.2) is 17.2 Å². The molecule has 0 aliphatic carbocycles. The molecule has 0 saturated heterocycles. The van der Waals surface area contributed by atoms with Crippen LogP contribution in [0.4, 0.5) is 18.9 Å². The predicted molar refractivity (Wildman–Crippen MR) is 45.7 cm³/mol. The minimum Gasteiger partial charge on any atom is -0.423 e. The lowest BCUT2D eigenvalue weighted by Crippen LogP contribution is -2.32. The van der Waals surface area contributed by atoms with Crippen LogP contribution in [0.5, 0.6) is 0 Å². The normalized spacial score (nSPS) is 11.5. The van der Waals surface area contributed by atoms with E-state index in [2.05, 4.69) is 0 Å². The van der Waals surface area contributed by atoms with Gasteiger partial charge in [-0.3, -0.25) is 0 Å². The van der Waals surface area contributed by atoms with Gasteiger partial charge >= 0.3 is 13.3 Å². The molecule has 0 unspecified atom stereocenters. The zero-order chi connectivity index (χ0) is 10.9. The monoisotopic (exact) mass is 205 g/mol. The fourth-order valence-corrected chi connectivity index (χ4v) is 0.986. The number of anilines is 1. The molecule has 0 atom stereocenters. The number of hydrogen-bond donors (Lipinski definition) is 3. The highest BCUT2D eigenvalue weighted by Crippen LogP contribution is 2.29. The molecular weight excluding hydrogens is 198 g/mol. The molecule has 0 amide bonds. The first-order valence-corrected chi connectivity index (χ1v) is 3.65. The standard InChI is InChI=1S/C7H7BF3NO2/c9-7(10,11)4-1-2-5(8(13)14)6(12)3-4/h1-3,13-14H,12H2. The van der Waals surface area contributed by atoms with Crippen LogP contribution in [0.2, 0.25) is 0 Å². The van der Waals surface area contributed by atoms with Crippen LogP contribution in [-0.2, 0) is 6.18 Å². The van der Waals surface area contributed by atoms with Gasteiger partial charge in [0.25, 0.3) is 0 Å². The van der Waals surface area contributed by atoms with Crippen LogP contribution in [0.25, 0.3) is 0 Å². The second-order valence-corrected chi connectivity index (χ2v) is 2.72. The summed E-state index contributed by atoms with van der Waals surface area (Å²) in [5.41, 5.74) is 3.84. The van der Waals surface area contributed by atoms with E-state index < -0.39 is 18.9 Å². The number of halogens is 3. The van der Waals surface area contributed by atoms with Crippen LogP contribution < -0.4 is 11.2 Å². The Morgan fingerprint density at radius 3 is 2.14 bits per heavy atom. The van der Waals surface area contributed by atoms with E-state index in [4.69, 9.17) is 15.8 Å². The molecule has 3 nitrogen and oxygen atoms in total. The van der Waals surface area contributed by atoms with E-state index in [1.165, 1.54) is 0 Å². The maximum absolute atomic E-state index is 12.1. The first kappa shape index (κ1) is 10.9. The van der Waals surface area contributed by atoms with Gasteiger partial charge in [0.1, 0.15) is 0 Å². The largest absolute Gasteiger partial charge is 0.490 e. The van der Waals surface area contributed by atoms with Crippen molar-refractivity contribution in [1.29, 1.82) is 0 Å². The Morgan fingerprint density at radius 2 is 1.79 bits per heavy atom.